The van der Waals surface area contributed by atoms with Gasteiger partial charge in [0.1, 0.15) is 5.82 Å². The second-order valence-corrected chi connectivity index (χ2v) is 4.24. The summed E-state index contributed by atoms with van der Waals surface area (Å²) in [6.45, 7) is 0. The number of H-pyrrole nitrogens is 1. The molecule has 1 saturated carbocycles. The SMILES string of the molecule is CN(C)c1n[nH]c(C2(N)CCCC2)n1. The van der Waals surface area contributed by atoms with Gasteiger partial charge in [0.05, 0.1) is 5.54 Å². The Kier molecular flexibility index (Phi) is 2.19. The highest BCUT2D eigenvalue weighted by molar-refractivity contribution is 5.27. The van der Waals surface area contributed by atoms with Crippen LogP contribution in [0, 0.1) is 0 Å². The van der Waals surface area contributed by atoms with Crippen LogP contribution in [-0.4, -0.2) is 29.3 Å². The number of nitrogens with zero attached hydrogens (tertiary/aromatic N) is 3. The van der Waals surface area contributed by atoms with Crippen LogP contribution in [0.5, 0.6) is 0 Å². The molecule has 1 heterocycles. The molecule has 14 heavy (non-hydrogen) atoms. The number of nitrogens with two attached hydrogens (primary N) is 1. The Morgan fingerprint density at radius 2 is 2.00 bits per heavy atom. The Morgan fingerprint density at radius 3 is 2.50 bits per heavy atom. The summed E-state index contributed by atoms with van der Waals surface area (Å²) in [4.78, 5) is 6.27. The van der Waals surface area contributed by atoms with Crippen LogP contribution >= 0.6 is 0 Å². The largest absolute Gasteiger partial charge is 0.346 e. The van der Waals surface area contributed by atoms with E-state index in [4.69, 9.17) is 5.73 Å². The van der Waals surface area contributed by atoms with E-state index >= 15 is 0 Å². The molecule has 1 aromatic heterocycles. The molecule has 0 amide bonds. The van der Waals surface area contributed by atoms with Crippen LogP contribution in [0.1, 0.15) is 31.5 Å². The lowest BCUT2D eigenvalue weighted by atomic mass is 9.99. The van der Waals surface area contributed by atoms with Crippen molar-refractivity contribution in [3.05, 3.63) is 5.82 Å². The number of nitrogens with one attached hydrogen (secondary N) is 1. The zero-order valence-electron chi connectivity index (χ0n) is 8.75. The van der Waals surface area contributed by atoms with Crippen molar-refractivity contribution < 1.29 is 0 Å². The van der Waals surface area contributed by atoms with Crippen molar-refractivity contribution in [1.82, 2.24) is 15.2 Å². The summed E-state index contributed by atoms with van der Waals surface area (Å²) in [5.74, 6) is 1.54. The maximum atomic E-state index is 6.24. The molecule has 5 heteroatoms. The normalized spacial score (nSPS) is 19.9. The molecule has 0 saturated heterocycles. The molecule has 0 atom stereocenters. The van der Waals surface area contributed by atoms with Crippen LogP contribution in [0.4, 0.5) is 5.95 Å². The lowest BCUT2D eigenvalue weighted by molar-refractivity contribution is 0.433. The minimum atomic E-state index is -0.263. The Bertz CT molecular complexity index is 311. The van der Waals surface area contributed by atoms with Crippen LogP contribution in [-0.2, 0) is 5.54 Å². The second kappa shape index (κ2) is 3.24. The first-order valence-electron chi connectivity index (χ1n) is 5.01. The number of rotatable bonds is 2. The highest BCUT2D eigenvalue weighted by Crippen LogP contribution is 2.34. The second-order valence-electron chi connectivity index (χ2n) is 4.24. The van der Waals surface area contributed by atoms with Crippen molar-refractivity contribution in [3.63, 3.8) is 0 Å². The maximum Gasteiger partial charge on any atom is 0.244 e. The van der Waals surface area contributed by atoms with E-state index in [0.717, 1.165) is 18.7 Å². The zero-order chi connectivity index (χ0) is 10.2. The number of hydrogen-bond donors (Lipinski definition) is 2. The zero-order valence-corrected chi connectivity index (χ0v) is 8.75. The topological polar surface area (TPSA) is 70.8 Å². The molecule has 1 fully saturated rings. The summed E-state index contributed by atoms with van der Waals surface area (Å²) in [6.07, 6.45) is 4.40. The summed E-state index contributed by atoms with van der Waals surface area (Å²) in [6, 6.07) is 0. The Morgan fingerprint density at radius 1 is 1.36 bits per heavy atom. The van der Waals surface area contributed by atoms with Gasteiger partial charge in [0, 0.05) is 14.1 Å². The predicted molar refractivity (Wildman–Crippen MR) is 55.0 cm³/mol. The Hall–Kier alpha value is -1.10. The average Bonchev–Trinajstić information content (AvgIpc) is 2.71. The molecule has 3 N–H and O–H groups in total. The van der Waals surface area contributed by atoms with Crippen molar-refractivity contribution in [2.45, 2.75) is 31.2 Å². The van der Waals surface area contributed by atoms with Gasteiger partial charge in [0.15, 0.2) is 0 Å². The van der Waals surface area contributed by atoms with Gasteiger partial charge in [-0.05, 0) is 12.8 Å². The molecule has 0 bridgehead atoms. The predicted octanol–water partition coefficient (Wildman–Crippen LogP) is 0.599. The number of aromatic amines is 1. The van der Waals surface area contributed by atoms with Crippen LogP contribution in [0.25, 0.3) is 0 Å². The molecule has 5 nitrogen and oxygen atoms in total. The van der Waals surface area contributed by atoms with E-state index in [1.54, 1.807) is 0 Å². The quantitative estimate of drug-likeness (QED) is 0.725. The highest BCUT2D eigenvalue weighted by atomic mass is 15.3. The molecular weight excluding hydrogens is 178 g/mol. The van der Waals surface area contributed by atoms with Crippen molar-refractivity contribution in [1.29, 1.82) is 0 Å². The van der Waals surface area contributed by atoms with Gasteiger partial charge >= 0.3 is 0 Å². The van der Waals surface area contributed by atoms with Crippen LogP contribution in [0.15, 0.2) is 0 Å². The standard InChI is InChI=1S/C9H17N5/c1-14(2)8-11-7(12-13-8)9(10)5-3-4-6-9/h3-6,10H2,1-2H3,(H,11,12,13). The van der Waals surface area contributed by atoms with Gasteiger partial charge in [-0.3, -0.25) is 5.10 Å². The molecule has 0 aromatic carbocycles. The lowest BCUT2D eigenvalue weighted by Gasteiger charge is -2.19. The van der Waals surface area contributed by atoms with Crippen molar-refractivity contribution in [2.24, 2.45) is 5.73 Å². The van der Waals surface area contributed by atoms with Crippen LogP contribution in [0.2, 0.25) is 0 Å². The molecule has 2 rings (SSSR count). The van der Waals surface area contributed by atoms with Crippen molar-refractivity contribution in [3.8, 4) is 0 Å². The average molecular weight is 195 g/mol. The van der Waals surface area contributed by atoms with Gasteiger partial charge in [-0.2, -0.15) is 4.98 Å². The van der Waals surface area contributed by atoms with Crippen LogP contribution in [0.3, 0.4) is 0 Å². The van der Waals surface area contributed by atoms with Crippen molar-refractivity contribution >= 4 is 5.95 Å². The Labute approximate surface area is 83.7 Å². The lowest BCUT2D eigenvalue weighted by Crippen LogP contribution is -2.34. The maximum absolute atomic E-state index is 6.24. The molecule has 1 aliphatic rings. The van der Waals surface area contributed by atoms with E-state index in [-0.39, 0.29) is 5.54 Å². The fraction of sp³-hybridized carbons (Fsp3) is 0.778. The van der Waals surface area contributed by atoms with E-state index in [2.05, 4.69) is 15.2 Å². The number of aromatic nitrogens is 3. The fourth-order valence-corrected chi connectivity index (χ4v) is 1.92. The summed E-state index contributed by atoms with van der Waals surface area (Å²) >= 11 is 0. The third-order valence-electron chi connectivity index (χ3n) is 2.84. The van der Waals surface area contributed by atoms with E-state index in [0.29, 0.717) is 5.95 Å². The smallest absolute Gasteiger partial charge is 0.244 e. The Balaban J connectivity index is 2.23. The third kappa shape index (κ3) is 1.48. The molecule has 1 aliphatic carbocycles. The molecule has 78 valence electrons. The van der Waals surface area contributed by atoms with Gasteiger partial charge in [-0.15, -0.1) is 5.10 Å². The first-order chi connectivity index (χ1) is 6.62. The third-order valence-corrected chi connectivity index (χ3v) is 2.84. The molecule has 0 spiro atoms. The molecular formula is C9H17N5. The fourth-order valence-electron chi connectivity index (χ4n) is 1.92. The minimum absolute atomic E-state index is 0.263. The van der Waals surface area contributed by atoms with E-state index in [1.807, 2.05) is 19.0 Å². The van der Waals surface area contributed by atoms with Gasteiger partial charge in [-0.1, -0.05) is 12.8 Å². The van der Waals surface area contributed by atoms with Gasteiger partial charge in [0.25, 0.3) is 0 Å². The summed E-state index contributed by atoms with van der Waals surface area (Å²) in [5.41, 5.74) is 5.98. The molecule has 0 unspecified atom stereocenters. The molecule has 1 aromatic rings. The van der Waals surface area contributed by atoms with Gasteiger partial charge in [0.2, 0.25) is 5.95 Å². The van der Waals surface area contributed by atoms with E-state index in [1.165, 1.54) is 12.8 Å². The molecule has 0 radical (unpaired) electrons. The van der Waals surface area contributed by atoms with Gasteiger partial charge in [-0.25, -0.2) is 0 Å². The summed E-state index contributed by atoms with van der Waals surface area (Å²) < 4.78 is 0. The first-order valence-corrected chi connectivity index (χ1v) is 5.01. The number of hydrogen-bond acceptors (Lipinski definition) is 4. The highest BCUT2D eigenvalue weighted by Gasteiger charge is 2.34. The number of anilines is 1. The van der Waals surface area contributed by atoms with Gasteiger partial charge < -0.3 is 10.6 Å². The van der Waals surface area contributed by atoms with E-state index in [9.17, 15) is 0 Å². The van der Waals surface area contributed by atoms with Crippen molar-refractivity contribution in [2.75, 3.05) is 19.0 Å². The minimum Gasteiger partial charge on any atom is -0.346 e. The monoisotopic (exact) mass is 195 g/mol. The molecule has 0 aliphatic heterocycles. The van der Waals surface area contributed by atoms with Crippen LogP contribution < -0.4 is 10.6 Å². The first kappa shape index (κ1) is 9.45. The summed E-state index contributed by atoms with van der Waals surface area (Å²) in [7, 11) is 3.84. The summed E-state index contributed by atoms with van der Waals surface area (Å²) in [5, 5.41) is 7.06. The van der Waals surface area contributed by atoms with E-state index < -0.39 is 0 Å².